The molecule has 3 aliphatic rings. The SMILES string of the molecule is C[C@@H]1CN(c2ccccc2NC(=O)[C@@H]2CCCN(C(=O)C3CC3)C2)C[C@@H](C)O1. The number of piperidine rings is 1. The molecule has 0 radical (unpaired) electrons. The summed E-state index contributed by atoms with van der Waals surface area (Å²) in [6.07, 6.45) is 4.08. The van der Waals surface area contributed by atoms with Gasteiger partial charge in [-0.2, -0.15) is 0 Å². The van der Waals surface area contributed by atoms with Crippen LogP contribution in [0, 0.1) is 11.8 Å². The third-order valence-corrected chi connectivity index (χ3v) is 5.95. The quantitative estimate of drug-likeness (QED) is 0.866. The lowest BCUT2D eigenvalue weighted by Crippen LogP contribution is -2.46. The third kappa shape index (κ3) is 4.32. The van der Waals surface area contributed by atoms with Gasteiger partial charge in [-0.25, -0.2) is 0 Å². The van der Waals surface area contributed by atoms with Crippen LogP contribution in [-0.2, 0) is 14.3 Å². The lowest BCUT2D eigenvalue weighted by atomic mass is 9.96. The number of anilines is 2. The number of carbonyl (C=O) groups excluding carboxylic acids is 2. The summed E-state index contributed by atoms with van der Waals surface area (Å²) in [5, 5.41) is 3.15. The van der Waals surface area contributed by atoms with Gasteiger partial charge >= 0.3 is 0 Å². The van der Waals surface area contributed by atoms with Crippen molar-refractivity contribution in [1.29, 1.82) is 0 Å². The van der Waals surface area contributed by atoms with Crippen molar-refractivity contribution >= 4 is 23.2 Å². The molecule has 2 heterocycles. The topological polar surface area (TPSA) is 61.9 Å². The summed E-state index contributed by atoms with van der Waals surface area (Å²) in [5.74, 6) is 0.351. The molecule has 2 aliphatic heterocycles. The molecule has 1 aromatic carbocycles. The smallest absolute Gasteiger partial charge is 0.229 e. The summed E-state index contributed by atoms with van der Waals surface area (Å²) in [6.45, 7) is 7.12. The number of para-hydroxylation sites is 2. The van der Waals surface area contributed by atoms with Crippen LogP contribution in [0.25, 0.3) is 0 Å². The number of hydrogen-bond donors (Lipinski definition) is 1. The van der Waals surface area contributed by atoms with E-state index >= 15 is 0 Å². The minimum absolute atomic E-state index is 0.0232. The maximum atomic E-state index is 13.0. The van der Waals surface area contributed by atoms with Crippen LogP contribution in [0.5, 0.6) is 0 Å². The molecule has 3 atom stereocenters. The van der Waals surface area contributed by atoms with Crippen molar-refractivity contribution in [2.45, 2.75) is 51.7 Å². The van der Waals surface area contributed by atoms with E-state index in [1.54, 1.807) is 0 Å². The Morgan fingerprint density at radius 3 is 2.43 bits per heavy atom. The first kappa shape index (κ1) is 19.2. The van der Waals surface area contributed by atoms with Crippen molar-refractivity contribution in [1.82, 2.24) is 4.90 Å². The van der Waals surface area contributed by atoms with Gasteiger partial charge in [0.1, 0.15) is 0 Å². The molecule has 152 valence electrons. The van der Waals surface area contributed by atoms with Crippen LogP contribution in [-0.4, -0.2) is 55.1 Å². The Morgan fingerprint density at radius 2 is 1.71 bits per heavy atom. The van der Waals surface area contributed by atoms with Gasteiger partial charge in [0.2, 0.25) is 11.8 Å². The van der Waals surface area contributed by atoms with Gasteiger partial charge in [0.25, 0.3) is 0 Å². The zero-order valence-electron chi connectivity index (χ0n) is 16.9. The molecule has 28 heavy (non-hydrogen) atoms. The predicted octanol–water partition coefficient (Wildman–Crippen LogP) is 2.89. The fraction of sp³-hybridized carbons (Fsp3) is 0.636. The van der Waals surface area contributed by atoms with Gasteiger partial charge < -0.3 is 19.9 Å². The van der Waals surface area contributed by atoms with Gasteiger partial charge in [0.15, 0.2) is 0 Å². The molecule has 2 amide bonds. The largest absolute Gasteiger partial charge is 0.372 e. The Balaban J connectivity index is 1.43. The fourth-order valence-electron chi connectivity index (χ4n) is 4.44. The molecular formula is C22H31N3O3. The van der Waals surface area contributed by atoms with Crippen LogP contribution in [0.4, 0.5) is 11.4 Å². The maximum absolute atomic E-state index is 13.0. The first-order chi connectivity index (χ1) is 13.5. The van der Waals surface area contributed by atoms with Gasteiger partial charge in [-0.15, -0.1) is 0 Å². The van der Waals surface area contributed by atoms with E-state index in [-0.39, 0.29) is 35.9 Å². The maximum Gasteiger partial charge on any atom is 0.229 e. The summed E-state index contributed by atoms with van der Waals surface area (Å²) >= 11 is 0. The van der Waals surface area contributed by atoms with Crippen molar-refractivity contribution in [3.05, 3.63) is 24.3 Å². The molecule has 6 nitrogen and oxygen atoms in total. The standard InChI is InChI=1S/C22H31N3O3/c1-15-12-25(13-16(2)28-15)20-8-4-3-7-19(20)23-21(26)18-6-5-11-24(14-18)22(27)17-9-10-17/h3-4,7-8,15-18H,5-6,9-14H2,1-2H3,(H,23,26)/t15-,16-,18-/m1/s1. The van der Waals surface area contributed by atoms with Crippen LogP contribution < -0.4 is 10.2 Å². The van der Waals surface area contributed by atoms with E-state index in [0.717, 1.165) is 56.7 Å². The molecule has 3 fully saturated rings. The minimum atomic E-state index is -0.132. The van der Waals surface area contributed by atoms with E-state index < -0.39 is 0 Å². The van der Waals surface area contributed by atoms with E-state index in [1.807, 2.05) is 23.1 Å². The molecule has 0 unspecified atom stereocenters. The van der Waals surface area contributed by atoms with Gasteiger partial charge in [0, 0.05) is 32.1 Å². The monoisotopic (exact) mass is 385 g/mol. The number of nitrogens with one attached hydrogen (secondary N) is 1. The number of nitrogens with zero attached hydrogens (tertiary/aromatic N) is 2. The van der Waals surface area contributed by atoms with E-state index in [1.165, 1.54) is 0 Å². The molecule has 1 saturated carbocycles. The van der Waals surface area contributed by atoms with Crippen LogP contribution >= 0.6 is 0 Å². The first-order valence-corrected chi connectivity index (χ1v) is 10.6. The highest BCUT2D eigenvalue weighted by Gasteiger charge is 2.37. The van der Waals surface area contributed by atoms with Crippen LogP contribution in [0.1, 0.15) is 39.5 Å². The normalized spacial score (nSPS) is 28.1. The van der Waals surface area contributed by atoms with Gasteiger partial charge in [0.05, 0.1) is 29.5 Å². The molecule has 0 spiro atoms. The molecule has 4 rings (SSSR count). The Morgan fingerprint density at radius 1 is 1.00 bits per heavy atom. The molecule has 6 heteroatoms. The number of amides is 2. The van der Waals surface area contributed by atoms with Crippen molar-refractivity contribution in [3.8, 4) is 0 Å². The summed E-state index contributed by atoms with van der Waals surface area (Å²) in [5.41, 5.74) is 1.89. The fourth-order valence-corrected chi connectivity index (χ4v) is 4.44. The van der Waals surface area contributed by atoms with E-state index in [9.17, 15) is 9.59 Å². The zero-order valence-corrected chi connectivity index (χ0v) is 16.9. The third-order valence-electron chi connectivity index (χ3n) is 5.95. The summed E-state index contributed by atoms with van der Waals surface area (Å²) in [4.78, 5) is 29.6. The summed E-state index contributed by atoms with van der Waals surface area (Å²) in [7, 11) is 0. The summed E-state index contributed by atoms with van der Waals surface area (Å²) < 4.78 is 5.85. The Bertz CT molecular complexity index is 723. The number of ether oxygens (including phenoxy) is 1. The predicted molar refractivity (Wildman–Crippen MR) is 109 cm³/mol. The van der Waals surface area contributed by atoms with E-state index in [0.29, 0.717) is 6.54 Å². The van der Waals surface area contributed by atoms with Gasteiger partial charge in [-0.3, -0.25) is 9.59 Å². The van der Waals surface area contributed by atoms with Crippen LogP contribution in [0.15, 0.2) is 24.3 Å². The number of morpholine rings is 1. The number of benzene rings is 1. The molecule has 2 saturated heterocycles. The van der Waals surface area contributed by atoms with Crippen molar-refractivity contribution in [3.63, 3.8) is 0 Å². The second-order valence-electron chi connectivity index (χ2n) is 8.57. The van der Waals surface area contributed by atoms with Crippen molar-refractivity contribution in [2.75, 3.05) is 36.4 Å². The summed E-state index contributed by atoms with van der Waals surface area (Å²) in [6, 6.07) is 7.99. The number of rotatable bonds is 4. The lowest BCUT2D eigenvalue weighted by Gasteiger charge is -2.38. The molecular weight excluding hydrogens is 354 g/mol. The highest BCUT2D eigenvalue weighted by atomic mass is 16.5. The average Bonchev–Trinajstić information content (AvgIpc) is 3.52. The number of carbonyl (C=O) groups is 2. The molecule has 0 aromatic heterocycles. The number of likely N-dealkylation sites (tertiary alicyclic amines) is 1. The second-order valence-corrected chi connectivity index (χ2v) is 8.57. The van der Waals surface area contributed by atoms with Crippen LogP contribution in [0.3, 0.4) is 0 Å². The average molecular weight is 386 g/mol. The first-order valence-electron chi connectivity index (χ1n) is 10.6. The van der Waals surface area contributed by atoms with Gasteiger partial charge in [-0.05, 0) is 51.7 Å². The van der Waals surface area contributed by atoms with Crippen LogP contribution in [0.2, 0.25) is 0 Å². The second kappa shape index (κ2) is 8.11. The Hall–Kier alpha value is -2.08. The Labute approximate surface area is 167 Å². The van der Waals surface area contributed by atoms with E-state index in [2.05, 4.69) is 30.1 Å². The van der Waals surface area contributed by atoms with Crippen molar-refractivity contribution < 1.29 is 14.3 Å². The van der Waals surface area contributed by atoms with Gasteiger partial charge in [-0.1, -0.05) is 12.1 Å². The zero-order chi connectivity index (χ0) is 19.7. The molecule has 0 bridgehead atoms. The highest BCUT2D eigenvalue weighted by Crippen LogP contribution is 2.33. The molecule has 1 aromatic rings. The number of hydrogen-bond acceptors (Lipinski definition) is 4. The highest BCUT2D eigenvalue weighted by molar-refractivity contribution is 5.96. The Kier molecular flexibility index (Phi) is 5.58. The van der Waals surface area contributed by atoms with E-state index in [4.69, 9.17) is 4.74 Å². The van der Waals surface area contributed by atoms with Crippen molar-refractivity contribution in [2.24, 2.45) is 11.8 Å². The molecule has 1 aliphatic carbocycles. The minimum Gasteiger partial charge on any atom is -0.372 e. The molecule has 1 N–H and O–H groups in total. The lowest BCUT2D eigenvalue weighted by molar-refractivity contribution is -0.135.